The van der Waals surface area contributed by atoms with E-state index in [-0.39, 0.29) is 38.6 Å². The number of aliphatic hydroxyl groups is 1. The van der Waals surface area contributed by atoms with Crippen LogP contribution in [0.25, 0.3) is 11.2 Å². The Kier molecular flexibility index (Phi) is 5.91. The van der Waals surface area contributed by atoms with Gasteiger partial charge in [-0.2, -0.15) is 9.97 Å². The van der Waals surface area contributed by atoms with E-state index in [4.69, 9.17) is 43.1 Å². The Morgan fingerprint density at radius 1 is 1.30 bits per heavy atom. The number of nitrogens with zero attached hydrogens (tertiary/aromatic N) is 4. The van der Waals surface area contributed by atoms with Crippen LogP contribution in [0.3, 0.4) is 0 Å². The number of benzene rings is 1. The number of hydrogen-bond donors (Lipinski definition) is 4. The molecule has 2 aliphatic rings. The number of aliphatic carboxylic acids is 2. The number of halogens is 3. The van der Waals surface area contributed by atoms with Gasteiger partial charge in [0.05, 0.1) is 18.5 Å². The van der Waals surface area contributed by atoms with Crippen LogP contribution in [0.4, 0.5) is 10.2 Å². The summed E-state index contributed by atoms with van der Waals surface area (Å²) in [4.78, 5) is 36.1. The minimum absolute atomic E-state index is 0.0364. The third-order valence-electron chi connectivity index (χ3n) is 6.44. The van der Waals surface area contributed by atoms with Crippen LogP contribution in [0.5, 0.6) is 5.75 Å². The molecule has 1 saturated heterocycles. The number of aromatic nitrogens is 4. The van der Waals surface area contributed by atoms with Crippen LogP contribution < -0.4 is 10.5 Å². The number of carboxylic acids is 2. The van der Waals surface area contributed by atoms with E-state index in [0.29, 0.717) is 0 Å². The molecule has 1 aliphatic heterocycles. The first-order chi connectivity index (χ1) is 17.4. The molecule has 1 saturated carbocycles. The van der Waals surface area contributed by atoms with Crippen molar-refractivity contribution >= 4 is 52.1 Å². The van der Waals surface area contributed by atoms with E-state index in [1.807, 2.05) is 0 Å². The maximum atomic E-state index is 15.6. The predicted molar refractivity (Wildman–Crippen MR) is 123 cm³/mol. The minimum Gasteiger partial charge on any atom is -0.495 e. The second-order valence-electron chi connectivity index (χ2n) is 8.56. The lowest BCUT2D eigenvalue weighted by Crippen LogP contribution is -2.53. The van der Waals surface area contributed by atoms with E-state index < -0.39 is 54.2 Å². The van der Waals surface area contributed by atoms with Gasteiger partial charge in [-0.15, -0.1) is 0 Å². The Bertz CT molecular complexity index is 1430. The SMILES string of the molecule is COc1ccc(CC(O[C@H]2[C@H]3O[C@@H](n4cnc5c(N)nc(Cl)nc54)[C@@H](F)[C@]32O)(C(=O)O)C(=O)O)cc1Cl. The molecule has 2 fully saturated rings. The van der Waals surface area contributed by atoms with Crippen LogP contribution >= 0.6 is 23.2 Å². The average Bonchev–Trinajstić information content (AvgIpc) is 3.07. The smallest absolute Gasteiger partial charge is 0.348 e. The number of hydrogen-bond acceptors (Lipinski definition) is 10. The number of carboxylic acid groups (broad SMARTS) is 2. The number of methoxy groups -OCH3 is 1. The lowest BCUT2D eigenvalue weighted by atomic mass is 9.94. The highest BCUT2D eigenvalue weighted by atomic mass is 35.5. The highest BCUT2D eigenvalue weighted by molar-refractivity contribution is 6.32. The second-order valence-corrected chi connectivity index (χ2v) is 9.30. The molecule has 5 atom stereocenters. The fraction of sp³-hybridized carbons (Fsp3) is 0.381. The van der Waals surface area contributed by atoms with Gasteiger partial charge < -0.3 is 35.3 Å². The zero-order valence-corrected chi connectivity index (χ0v) is 20.2. The van der Waals surface area contributed by atoms with E-state index in [2.05, 4.69) is 15.0 Å². The fourth-order valence-corrected chi connectivity index (χ4v) is 4.89. The van der Waals surface area contributed by atoms with Gasteiger partial charge in [0.2, 0.25) is 5.28 Å². The average molecular weight is 558 g/mol. The van der Waals surface area contributed by atoms with Gasteiger partial charge >= 0.3 is 11.9 Å². The highest BCUT2D eigenvalue weighted by Gasteiger charge is 2.80. The van der Waals surface area contributed by atoms with Gasteiger partial charge in [0.25, 0.3) is 5.60 Å². The van der Waals surface area contributed by atoms with Crippen LogP contribution in [0.1, 0.15) is 11.8 Å². The first kappa shape index (κ1) is 25.4. The van der Waals surface area contributed by atoms with Crippen LogP contribution in [-0.4, -0.2) is 83.5 Å². The van der Waals surface area contributed by atoms with E-state index >= 15 is 4.39 Å². The van der Waals surface area contributed by atoms with Crippen molar-refractivity contribution in [3.8, 4) is 5.75 Å². The van der Waals surface area contributed by atoms with Gasteiger partial charge in [-0.25, -0.2) is 19.0 Å². The van der Waals surface area contributed by atoms with Gasteiger partial charge in [0.1, 0.15) is 23.5 Å². The van der Waals surface area contributed by atoms with Crippen molar-refractivity contribution in [3.63, 3.8) is 0 Å². The summed E-state index contributed by atoms with van der Waals surface area (Å²) in [5.74, 6) is -3.50. The number of anilines is 1. The van der Waals surface area contributed by atoms with Crippen LogP contribution in [0.15, 0.2) is 24.5 Å². The Hall–Kier alpha value is -3.30. The zero-order chi connectivity index (χ0) is 26.9. The molecule has 5 N–H and O–H groups in total. The molecule has 0 spiro atoms. The molecule has 0 unspecified atom stereocenters. The molecule has 3 aromatic rings. The molecule has 1 aromatic carbocycles. The van der Waals surface area contributed by atoms with E-state index in [1.54, 1.807) is 0 Å². The summed E-state index contributed by atoms with van der Waals surface area (Å²) in [6.45, 7) is 0. The van der Waals surface area contributed by atoms with Crippen LogP contribution in [0, 0.1) is 0 Å². The maximum Gasteiger partial charge on any atom is 0.348 e. The summed E-state index contributed by atoms with van der Waals surface area (Å²) in [6, 6.07) is 4.15. The lowest BCUT2D eigenvalue weighted by Gasteiger charge is -2.29. The molecule has 0 amide bonds. The summed E-state index contributed by atoms with van der Waals surface area (Å²) in [7, 11) is 1.37. The number of nitrogen functional groups attached to an aromatic ring is 1. The van der Waals surface area contributed by atoms with Gasteiger partial charge in [0, 0.05) is 6.42 Å². The number of alkyl halides is 1. The maximum absolute atomic E-state index is 15.6. The number of imidazole rings is 1. The number of nitrogens with two attached hydrogens (primary N) is 1. The zero-order valence-electron chi connectivity index (χ0n) is 18.7. The molecular weight excluding hydrogens is 540 g/mol. The number of rotatable bonds is 8. The van der Waals surface area contributed by atoms with Crippen LogP contribution in [-0.2, 0) is 25.5 Å². The van der Waals surface area contributed by atoms with Crippen molar-refractivity contribution in [1.29, 1.82) is 0 Å². The number of ether oxygens (including phenoxy) is 3. The first-order valence-corrected chi connectivity index (χ1v) is 11.3. The largest absolute Gasteiger partial charge is 0.495 e. The summed E-state index contributed by atoms with van der Waals surface area (Å²) >= 11 is 11.9. The summed E-state index contributed by atoms with van der Waals surface area (Å²) < 4.78 is 32.8. The molecule has 1 aliphatic carbocycles. The van der Waals surface area contributed by atoms with E-state index in [9.17, 15) is 24.9 Å². The topological polar surface area (TPSA) is 192 Å². The molecule has 16 heteroatoms. The molecule has 5 rings (SSSR count). The normalized spacial score (nSPS) is 26.7. The third-order valence-corrected chi connectivity index (χ3v) is 6.90. The van der Waals surface area contributed by atoms with Crippen LogP contribution in [0.2, 0.25) is 10.3 Å². The van der Waals surface area contributed by atoms with Crippen molar-refractivity contribution in [2.75, 3.05) is 12.8 Å². The molecule has 3 heterocycles. The predicted octanol–water partition coefficient (Wildman–Crippen LogP) is 1.24. The van der Waals surface area contributed by atoms with Gasteiger partial charge in [-0.3, -0.25) is 4.57 Å². The Morgan fingerprint density at radius 2 is 2.00 bits per heavy atom. The summed E-state index contributed by atoms with van der Waals surface area (Å²) in [5, 5.41) is 30.6. The summed E-state index contributed by atoms with van der Waals surface area (Å²) in [6.07, 6.45) is -6.18. The molecule has 13 nitrogen and oxygen atoms in total. The van der Waals surface area contributed by atoms with Crippen molar-refractivity contribution in [2.45, 2.75) is 42.2 Å². The van der Waals surface area contributed by atoms with Crippen molar-refractivity contribution in [2.24, 2.45) is 0 Å². The van der Waals surface area contributed by atoms with E-state index in [1.165, 1.54) is 31.6 Å². The van der Waals surface area contributed by atoms with Gasteiger partial charge in [-0.1, -0.05) is 17.7 Å². The lowest BCUT2D eigenvalue weighted by molar-refractivity contribution is -0.194. The molecule has 37 heavy (non-hydrogen) atoms. The number of carbonyl (C=O) groups is 2. The molecular formula is C21H18Cl2FN5O8. The second kappa shape index (κ2) is 8.63. The van der Waals surface area contributed by atoms with Gasteiger partial charge in [-0.05, 0) is 29.3 Å². The Labute approximate surface area is 216 Å². The Morgan fingerprint density at radius 3 is 2.57 bits per heavy atom. The first-order valence-electron chi connectivity index (χ1n) is 10.6. The van der Waals surface area contributed by atoms with Crippen molar-refractivity contribution in [1.82, 2.24) is 19.5 Å². The quantitative estimate of drug-likeness (QED) is 0.229. The highest BCUT2D eigenvalue weighted by Crippen LogP contribution is 2.58. The number of fused-ring (bicyclic) bond motifs is 2. The Balaban J connectivity index is 1.42. The standard InChI is InChI=1S/C21H18Cl2FN5O8/c1-35-9-3-2-7(4-8(9)22)5-20(17(30)31,18(32)33)37-13-12-21(13,34)11(24)16(36-12)29-6-26-10-14(25)27-19(23)28-15(10)29/h2-4,6,11-13,16,34H,5H2,1H3,(H,30,31)(H,32,33)(H2,25,27,28)/t11-,12-,13+,16-,21+/m1/s1. The molecule has 0 radical (unpaired) electrons. The van der Waals surface area contributed by atoms with E-state index in [0.717, 1.165) is 4.57 Å². The monoisotopic (exact) mass is 557 g/mol. The fourth-order valence-electron chi connectivity index (χ4n) is 4.44. The summed E-state index contributed by atoms with van der Waals surface area (Å²) in [5.41, 5.74) is 0.860. The molecule has 196 valence electrons. The third kappa shape index (κ3) is 3.75. The minimum atomic E-state index is -2.89. The molecule has 2 aromatic heterocycles. The van der Waals surface area contributed by atoms with Crippen molar-refractivity contribution in [3.05, 3.63) is 40.4 Å². The molecule has 0 bridgehead atoms. The van der Waals surface area contributed by atoms with Gasteiger partial charge in [0.15, 0.2) is 29.5 Å². The van der Waals surface area contributed by atoms with Crippen molar-refractivity contribution < 1.29 is 43.5 Å².